The topological polar surface area (TPSA) is 80.1 Å². The lowest BCUT2D eigenvalue weighted by atomic mass is 9.96. The van der Waals surface area contributed by atoms with Crippen molar-refractivity contribution in [2.45, 2.75) is 79.6 Å². The second-order valence-electron chi connectivity index (χ2n) is 11.2. The van der Waals surface area contributed by atoms with E-state index < -0.39 is 5.82 Å². The highest BCUT2D eigenvalue weighted by Crippen LogP contribution is 2.34. The fourth-order valence-corrected chi connectivity index (χ4v) is 4.68. The molecular weight excluding hydrogens is 537 g/mol. The van der Waals surface area contributed by atoms with Crippen LogP contribution in [0.3, 0.4) is 0 Å². The van der Waals surface area contributed by atoms with Crippen LogP contribution in [0.15, 0.2) is 84.6 Å². The molecule has 0 bridgehead atoms. The molecule has 0 amide bonds. The number of fused-ring (bicyclic) bond motifs is 1. The molecule has 4 aromatic rings. The van der Waals surface area contributed by atoms with Gasteiger partial charge in [0.15, 0.2) is 11.6 Å². The Labute approximate surface area is 256 Å². The lowest BCUT2D eigenvalue weighted by molar-refractivity contribution is 0.103. The molecule has 4 N–H and O–H groups in total. The summed E-state index contributed by atoms with van der Waals surface area (Å²) in [5, 5.41) is 4.35. The van der Waals surface area contributed by atoms with Crippen LogP contribution in [-0.4, -0.2) is 10.8 Å². The zero-order chi connectivity index (χ0) is 31.7. The molecule has 1 atom stereocenters. The van der Waals surface area contributed by atoms with Crippen LogP contribution in [0.2, 0.25) is 0 Å². The SMILES string of the molecule is C=C/C(C(=O)c1cc2cc(C(C)C)c(N)cc2[nH]1)=C(\C)Nc1cc(Oc2ccccc2F)ccc1C(C)CC.CCCC. The van der Waals surface area contributed by atoms with Crippen molar-refractivity contribution in [2.24, 2.45) is 0 Å². The van der Waals surface area contributed by atoms with E-state index in [1.54, 1.807) is 24.3 Å². The number of benzene rings is 3. The third kappa shape index (κ3) is 8.16. The average Bonchev–Trinajstić information content (AvgIpc) is 3.41. The van der Waals surface area contributed by atoms with E-state index in [9.17, 15) is 9.18 Å². The van der Waals surface area contributed by atoms with Gasteiger partial charge in [-0.2, -0.15) is 0 Å². The Kier molecular flexibility index (Phi) is 11.8. The van der Waals surface area contributed by atoms with Gasteiger partial charge in [-0.15, -0.1) is 0 Å². The van der Waals surface area contributed by atoms with Crippen LogP contribution in [0, 0.1) is 5.82 Å². The normalized spacial score (nSPS) is 12.3. The van der Waals surface area contributed by atoms with Crippen molar-refractivity contribution < 1.29 is 13.9 Å². The lowest BCUT2D eigenvalue weighted by Crippen LogP contribution is -2.10. The number of aromatic amines is 1. The maximum atomic E-state index is 14.2. The monoisotopic (exact) mass is 583 g/mol. The number of nitrogens with one attached hydrogen (secondary N) is 2. The molecule has 0 aliphatic carbocycles. The maximum absolute atomic E-state index is 14.2. The number of carbonyl (C=O) groups is 1. The van der Waals surface area contributed by atoms with Crippen LogP contribution in [0.25, 0.3) is 10.9 Å². The lowest BCUT2D eigenvalue weighted by Gasteiger charge is -2.19. The quantitative estimate of drug-likeness (QED) is 0.0710. The molecule has 0 spiro atoms. The molecule has 0 saturated carbocycles. The van der Waals surface area contributed by atoms with Gasteiger partial charge < -0.3 is 20.8 Å². The third-order valence-corrected chi connectivity index (χ3v) is 7.60. The van der Waals surface area contributed by atoms with Crippen LogP contribution >= 0.6 is 0 Å². The Bertz CT molecular complexity index is 1600. The fraction of sp³-hybridized carbons (Fsp3) is 0.324. The van der Waals surface area contributed by atoms with E-state index >= 15 is 0 Å². The number of allylic oxidation sites excluding steroid dienone is 3. The minimum atomic E-state index is -0.436. The number of hydrogen-bond donors (Lipinski definition) is 3. The first kappa shape index (κ1) is 33.2. The number of carbonyl (C=O) groups excluding carboxylic acids is 1. The summed E-state index contributed by atoms with van der Waals surface area (Å²) in [4.78, 5) is 16.8. The van der Waals surface area contributed by atoms with E-state index in [1.807, 2.05) is 43.3 Å². The molecule has 6 heteroatoms. The molecule has 1 heterocycles. The molecule has 0 fully saturated rings. The maximum Gasteiger partial charge on any atom is 0.210 e. The van der Waals surface area contributed by atoms with Crippen molar-refractivity contribution in [3.8, 4) is 11.5 Å². The molecule has 0 saturated heterocycles. The van der Waals surface area contributed by atoms with Crippen molar-refractivity contribution >= 4 is 28.1 Å². The molecule has 4 rings (SSSR count). The number of hydrogen-bond acceptors (Lipinski definition) is 4. The average molecular weight is 584 g/mol. The molecule has 0 aliphatic rings. The Balaban J connectivity index is 0.00000119. The molecule has 5 nitrogen and oxygen atoms in total. The van der Waals surface area contributed by atoms with Crippen molar-refractivity contribution in [3.63, 3.8) is 0 Å². The minimum absolute atomic E-state index is 0.147. The van der Waals surface area contributed by atoms with Crippen molar-refractivity contribution in [1.82, 2.24) is 4.98 Å². The number of rotatable bonds is 11. The Morgan fingerprint density at radius 3 is 2.33 bits per heavy atom. The van der Waals surface area contributed by atoms with Gasteiger partial charge in [-0.05, 0) is 72.7 Å². The van der Waals surface area contributed by atoms with Crippen LogP contribution in [-0.2, 0) is 0 Å². The number of nitrogens with two attached hydrogens (primary N) is 1. The van der Waals surface area contributed by atoms with Crippen LogP contribution < -0.4 is 15.8 Å². The fourth-order valence-electron chi connectivity index (χ4n) is 4.68. The van der Waals surface area contributed by atoms with Gasteiger partial charge in [-0.1, -0.05) is 85.2 Å². The Hall–Kier alpha value is -4.32. The number of halogens is 1. The summed E-state index contributed by atoms with van der Waals surface area (Å²) in [5.74, 6) is 0.544. The summed E-state index contributed by atoms with van der Waals surface area (Å²) in [6.45, 7) is 18.6. The number of Topliss-reactive ketones (excluding diaryl/α,β-unsaturated/α-hetero) is 1. The number of nitrogen functional groups attached to an aromatic ring is 1. The second-order valence-corrected chi connectivity index (χ2v) is 11.2. The van der Waals surface area contributed by atoms with Crippen molar-refractivity contribution in [2.75, 3.05) is 11.1 Å². The predicted octanol–water partition coefficient (Wildman–Crippen LogP) is 10.9. The van der Waals surface area contributed by atoms with Crippen LogP contribution in [0.1, 0.15) is 101 Å². The molecular formula is C37H46FN3O2. The van der Waals surface area contributed by atoms with Gasteiger partial charge in [0, 0.05) is 39.6 Å². The summed E-state index contributed by atoms with van der Waals surface area (Å²) >= 11 is 0. The van der Waals surface area contributed by atoms with Gasteiger partial charge in [-0.3, -0.25) is 4.79 Å². The van der Waals surface area contributed by atoms with Crippen LogP contribution in [0.5, 0.6) is 11.5 Å². The van der Waals surface area contributed by atoms with Gasteiger partial charge in [0.25, 0.3) is 0 Å². The van der Waals surface area contributed by atoms with Gasteiger partial charge in [0.2, 0.25) is 5.78 Å². The molecule has 1 unspecified atom stereocenters. The summed E-state index contributed by atoms with van der Waals surface area (Å²) < 4.78 is 20.0. The standard InChI is InChI=1S/C33H36FN3O2.C4H10/c1-7-20(5)25-14-13-23(39-32-12-10-9-11-27(32)34)17-30(25)36-21(6)24(8-2)33(38)31-16-22-15-26(19(3)4)28(35)18-29(22)37-31;1-3-4-2/h8-20,36-37H,2,7,35H2,1,3-6H3;3-4H2,1-2H3/b24-21-;. The number of H-pyrrole nitrogens is 1. The number of aromatic nitrogens is 1. The third-order valence-electron chi connectivity index (χ3n) is 7.60. The van der Waals surface area contributed by atoms with Crippen LogP contribution in [0.4, 0.5) is 15.8 Å². The van der Waals surface area contributed by atoms with E-state index in [-0.39, 0.29) is 23.4 Å². The zero-order valence-corrected chi connectivity index (χ0v) is 26.6. The highest BCUT2D eigenvalue weighted by Gasteiger charge is 2.19. The number of unbranched alkanes of at least 4 members (excludes halogenated alkanes) is 1. The van der Waals surface area contributed by atoms with E-state index in [0.717, 1.165) is 34.1 Å². The van der Waals surface area contributed by atoms with Gasteiger partial charge in [0.1, 0.15) is 5.75 Å². The molecule has 0 radical (unpaired) electrons. The summed E-state index contributed by atoms with van der Waals surface area (Å²) in [7, 11) is 0. The first-order chi connectivity index (χ1) is 20.5. The summed E-state index contributed by atoms with van der Waals surface area (Å²) in [5.41, 5.74) is 12.2. The molecule has 43 heavy (non-hydrogen) atoms. The minimum Gasteiger partial charge on any atom is -0.454 e. The van der Waals surface area contributed by atoms with Gasteiger partial charge in [0.05, 0.1) is 5.69 Å². The van der Waals surface area contributed by atoms with Gasteiger partial charge in [-0.25, -0.2) is 4.39 Å². The zero-order valence-electron chi connectivity index (χ0n) is 26.6. The first-order valence-corrected chi connectivity index (χ1v) is 15.2. The Morgan fingerprint density at radius 1 is 1.02 bits per heavy atom. The second kappa shape index (κ2) is 15.2. The summed E-state index contributed by atoms with van der Waals surface area (Å²) in [6.07, 6.45) is 5.13. The van der Waals surface area contributed by atoms with Crippen molar-refractivity contribution in [1.29, 1.82) is 0 Å². The van der Waals surface area contributed by atoms with Gasteiger partial charge >= 0.3 is 0 Å². The van der Waals surface area contributed by atoms with Crippen molar-refractivity contribution in [3.05, 3.63) is 107 Å². The number of anilines is 2. The van der Waals surface area contributed by atoms with E-state index in [0.29, 0.717) is 28.4 Å². The first-order valence-electron chi connectivity index (χ1n) is 15.2. The molecule has 3 aromatic carbocycles. The highest BCUT2D eigenvalue weighted by atomic mass is 19.1. The number of para-hydroxylation sites is 1. The molecule has 228 valence electrons. The highest BCUT2D eigenvalue weighted by molar-refractivity contribution is 6.12. The number of ether oxygens (including phenoxy) is 1. The number of ketones is 1. The van der Waals surface area contributed by atoms with E-state index in [1.165, 1.54) is 18.9 Å². The molecule has 1 aromatic heterocycles. The largest absolute Gasteiger partial charge is 0.454 e. The smallest absolute Gasteiger partial charge is 0.210 e. The summed E-state index contributed by atoms with van der Waals surface area (Å²) in [6, 6.07) is 17.7. The van der Waals surface area contributed by atoms with E-state index in [4.69, 9.17) is 10.5 Å². The Morgan fingerprint density at radius 2 is 1.72 bits per heavy atom. The molecule has 0 aliphatic heterocycles. The van der Waals surface area contributed by atoms with E-state index in [2.05, 4.69) is 58.4 Å². The predicted molar refractivity (Wildman–Crippen MR) is 180 cm³/mol.